The minimum absolute atomic E-state index is 0.0351. The number of aromatic nitrogens is 3. The highest BCUT2D eigenvalue weighted by Gasteiger charge is 2.22. The molecule has 1 aromatic carbocycles. The number of hydrogen-bond donors (Lipinski definition) is 1. The summed E-state index contributed by atoms with van der Waals surface area (Å²) in [5.41, 5.74) is 3.74. The lowest BCUT2D eigenvalue weighted by molar-refractivity contribution is -0.143. The highest BCUT2D eigenvalue weighted by Crippen LogP contribution is 2.31. The number of nitrogens with zero attached hydrogens (tertiary/aromatic N) is 3. The predicted molar refractivity (Wildman–Crippen MR) is 149 cm³/mol. The zero-order valence-electron chi connectivity index (χ0n) is 22.1. The van der Waals surface area contributed by atoms with Gasteiger partial charge in [0.1, 0.15) is 11.6 Å². The number of aryl methyl sites for hydroxylation is 1. The van der Waals surface area contributed by atoms with Crippen LogP contribution in [0.4, 0.5) is 5.82 Å². The third kappa shape index (κ3) is 6.22. The van der Waals surface area contributed by atoms with Gasteiger partial charge in [-0.3, -0.25) is 9.78 Å². The molecule has 4 aromatic rings. The van der Waals surface area contributed by atoms with Crippen molar-refractivity contribution >= 4 is 32.5 Å². The molecule has 1 atom stereocenters. The SMILES string of the molecule is CCOC(=O)CC(c1cncc(S(C)(=O)=O)c1)n1ccc2cc(OCCc3ccc4c(n3)NCCC4)ccc21. The molecule has 0 saturated carbocycles. The van der Waals surface area contributed by atoms with Crippen LogP contribution in [0.2, 0.25) is 0 Å². The zero-order chi connectivity index (χ0) is 27.4. The third-order valence-electron chi connectivity index (χ3n) is 6.82. The van der Waals surface area contributed by atoms with E-state index < -0.39 is 15.9 Å². The number of rotatable bonds is 10. The second kappa shape index (κ2) is 11.4. The molecule has 4 heterocycles. The summed E-state index contributed by atoms with van der Waals surface area (Å²) >= 11 is 0. The van der Waals surface area contributed by atoms with Gasteiger partial charge < -0.3 is 19.4 Å². The van der Waals surface area contributed by atoms with Gasteiger partial charge in [0.25, 0.3) is 0 Å². The molecular formula is C29H32N4O5S. The maximum Gasteiger partial charge on any atom is 0.308 e. The van der Waals surface area contributed by atoms with Crippen LogP contribution in [0.15, 0.2) is 66.0 Å². The van der Waals surface area contributed by atoms with E-state index >= 15 is 0 Å². The van der Waals surface area contributed by atoms with Crippen molar-refractivity contribution in [3.8, 4) is 5.75 Å². The number of pyridine rings is 2. The van der Waals surface area contributed by atoms with Gasteiger partial charge in [0, 0.05) is 54.4 Å². The number of carbonyl (C=O) groups excluding carboxylic acids is 1. The molecule has 0 saturated heterocycles. The number of hydrogen-bond acceptors (Lipinski definition) is 8. The monoisotopic (exact) mass is 548 g/mol. The Balaban J connectivity index is 1.35. The van der Waals surface area contributed by atoms with E-state index in [4.69, 9.17) is 14.5 Å². The number of sulfone groups is 1. The summed E-state index contributed by atoms with van der Waals surface area (Å²) in [5, 5.41) is 4.30. The highest BCUT2D eigenvalue weighted by atomic mass is 32.2. The second-order valence-electron chi connectivity index (χ2n) is 9.63. The van der Waals surface area contributed by atoms with Crippen molar-refractivity contribution in [1.82, 2.24) is 14.5 Å². The quantitative estimate of drug-likeness (QED) is 0.291. The normalized spacial score (nSPS) is 13.9. The molecule has 39 heavy (non-hydrogen) atoms. The first-order valence-corrected chi connectivity index (χ1v) is 15.0. The van der Waals surface area contributed by atoms with Gasteiger partial charge in [0.05, 0.1) is 30.6 Å². The maximum absolute atomic E-state index is 12.5. The van der Waals surface area contributed by atoms with Crippen LogP contribution in [0, 0.1) is 0 Å². The van der Waals surface area contributed by atoms with Crippen molar-refractivity contribution in [2.75, 3.05) is 31.3 Å². The van der Waals surface area contributed by atoms with Gasteiger partial charge in [-0.1, -0.05) is 6.07 Å². The lowest BCUT2D eigenvalue weighted by Crippen LogP contribution is -2.17. The number of ether oxygens (including phenoxy) is 2. The van der Waals surface area contributed by atoms with Crippen LogP contribution in [0.5, 0.6) is 5.75 Å². The number of carbonyl (C=O) groups is 1. The van der Waals surface area contributed by atoms with Crippen molar-refractivity contribution in [3.63, 3.8) is 0 Å². The fourth-order valence-corrected chi connectivity index (χ4v) is 5.46. The number of fused-ring (bicyclic) bond motifs is 2. The van der Waals surface area contributed by atoms with E-state index in [1.54, 1.807) is 19.2 Å². The summed E-state index contributed by atoms with van der Waals surface area (Å²) in [6.45, 7) is 3.47. The van der Waals surface area contributed by atoms with Gasteiger partial charge in [-0.05, 0) is 67.3 Å². The topological polar surface area (TPSA) is 112 Å². The molecule has 204 valence electrons. The summed E-state index contributed by atoms with van der Waals surface area (Å²) in [6.07, 6.45) is 8.85. The van der Waals surface area contributed by atoms with E-state index in [-0.39, 0.29) is 23.9 Å². The molecule has 0 radical (unpaired) electrons. The van der Waals surface area contributed by atoms with Gasteiger partial charge in [0.2, 0.25) is 0 Å². The molecule has 0 spiro atoms. The van der Waals surface area contributed by atoms with Gasteiger partial charge in [-0.25, -0.2) is 13.4 Å². The highest BCUT2D eigenvalue weighted by molar-refractivity contribution is 7.90. The Labute approximate surface area is 228 Å². The van der Waals surface area contributed by atoms with Gasteiger partial charge in [-0.15, -0.1) is 0 Å². The fraction of sp³-hybridized carbons (Fsp3) is 0.345. The molecule has 0 aliphatic carbocycles. The van der Waals surface area contributed by atoms with Crippen molar-refractivity contribution in [2.45, 2.75) is 43.5 Å². The molecule has 1 unspecified atom stereocenters. The smallest absolute Gasteiger partial charge is 0.308 e. The van der Waals surface area contributed by atoms with Crippen LogP contribution in [0.3, 0.4) is 0 Å². The molecule has 0 amide bonds. The second-order valence-corrected chi connectivity index (χ2v) is 11.6. The number of nitrogens with one attached hydrogen (secondary N) is 1. The molecule has 1 aliphatic heterocycles. The minimum atomic E-state index is -3.46. The van der Waals surface area contributed by atoms with Gasteiger partial charge >= 0.3 is 5.97 Å². The van der Waals surface area contributed by atoms with E-state index in [0.29, 0.717) is 18.6 Å². The first-order chi connectivity index (χ1) is 18.8. The first kappa shape index (κ1) is 26.7. The first-order valence-electron chi connectivity index (χ1n) is 13.1. The van der Waals surface area contributed by atoms with Gasteiger partial charge in [0.15, 0.2) is 9.84 Å². The number of esters is 1. The summed E-state index contributed by atoms with van der Waals surface area (Å²) in [6, 6.07) is 13.0. The van der Waals surface area contributed by atoms with E-state index in [1.807, 2.05) is 35.0 Å². The lowest BCUT2D eigenvalue weighted by atomic mass is 10.1. The molecular weight excluding hydrogens is 516 g/mol. The number of anilines is 1. The Kier molecular flexibility index (Phi) is 7.83. The van der Waals surface area contributed by atoms with Crippen LogP contribution < -0.4 is 10.1 Å². The summed E-state index contributed by atoms with van der Waals surface area (Å²) in [4.78, 5) is 21.5. The van der Waals surface area contributed by atoms with E-state index in [1.165, 1.54) is 11.8 Å². The largest absolute Gasteiger partial charge is 0.493 e. The Morgan fingerprint density at radius 2 is 2.03 bits per heavy atom. The van der Waals surface area contributed by atoms with Crippen LogP contribution >= 0.6 is 0 Å². The van der Waals surface area contributed by atoms with E-state index in [2.05, 4.69) is 22.4 Å². The summed E-state index contributed by atoms with van der Waals surface area (Å²) < 4.78 is 37.5. The Hall–Kier alpha value is -3.92. The zero-order valence-corrected chi connectivity index (χ0v) is 22.9. The Morgan fingerprint density at radius 1 is 1.15 bits per heavy atom. The van der Waals surface area contributed by atoms with Crippen molar-refractivity contribution in [2.24, 2.45) is 0 Å². The van der Waals surface area contributed by atoms with Crippen LogP contribution in [-0.4, -0.2) is 54.9 Å². The summed E-state index contributed by atoms with van der Waals surface area (Å²) in [5.74, 6) is 1.34. The molecule has 10 heteroatoms. The molecule has 3 aromatic heterocycles. The minimum Gasteiger partial charge on any atom is -0.493 e. The maximum atomic E-state index is 12.5. The molecule has 5 rings (SSSR count). The van der Waals surface area contributed by atoms with Crippen LogP contribution in [0.1, 0.15) is 42.6 Å². The predicted octanol–water partition coefficient (Wildman–Crippen LogP) is 4.36. The Morgan fingerprint density at radius 3 is 2.85 bits per heavy atom. The average molecular weight is 549 g/mol. The van der Waals surface area contributed by atoms with Crippen molar-refractivity contribution in [3.05, 3.63) is 77.9 Å². The molecule has 1 N–H and O–H groups in total. The van der Waals surface area contributed by atoms with Crippen LogP contribution in [0.25, 0.3) is 10.9 Å². The van der Waals surface area contributed by atoms with Crippen molar-refractivity contribution < 1.29 is 22.7 Å². The van der Waals surface area contributed by atoms with E-state index in [0.717, 1.165) is 53.8 Å². The van der Waals surface area contributed by atoms with Crippen LogP contribution in [-0.2, 0) is 32.2 Å². The lowest BCUT2D eigenvalue weighted by Gasteiger charge is -2.20. The average Bonchev–Trinajstić information content (AvgIpc) is 3.34. The van der Waals surface area contributed by atoms with E-state index in [9.17, 15) is 13.2 Å². The fourth-order valence-electron chi connectivity index (χ4n) is 4.86. The third-order valence-corrected chi connectivity index (χ3v) is 7.90. The molecule has 0 fully saturated rings. The van der Waals surface area contributed by atoms with Gasteiger partial charge in [-0.2, -0.15) is 0 Å². The molecule has 9 nitrogen and oxygen atoms in total. The summed E-state index contributed by atoms with van der Waals surface area (Å²) in [7, 11) is -3.46. The standard InChI is InChI=1S/C29H32N4O5S/c1-3-37-28(34)17-27(22-16-25(19-30-18-22)39(2,35)36)33-13-10-21-15-24(8-9-26(21)33)38-14-11-23-7-6-20-5-4-12-31-29(20)32-23/h6-10,13,15-16,18-19,27H,3-5,11-12,14,17H2,1-2H3,(H,31,32). The number of benzene rings is 1. The molecule has 1 aliphatic rings. The van der Waals surface area contributed by atoms with Crippen molar-refractivity contribution in [1.29, 1.82) is 0 Å². The molecule has 0 bridgehead atoms. The Bertz CT molecular complexity index is 1600.